The van der Waals surface area contributed by atoms with E-state index in [4.69, 9.17) is 23.7 Å². The van der Waals surface area contributed by atoms with Crippen LogP contribution in [-0.2, 0) is 23.7 Å². The van der Waals surface area contributed by atoms with Crippen molar-refractivity contribution in [3.05, 3.63) is 11.6 Å². The Morgan fingerprint density at radius 1 is 1.13 bits per heavy atom. The van der Waals surface area contributed by atoms with Crippen LogP contribution in [0.2, 0.25) is 0 Å². The number of aliphatic hydroxyl groups is 1. The van der Waals surface area contributed by atoms with E-state index < -0.39 is 5.79 Å². The van der Waals surface area contributed by atoms with Crippen LogP contribution in [0.3, 0.4) is 0 Å². The fourth-order valence-electron chi connectivity index (χ4n) is 8.73. The Morgan fingerprint density at radius 2 is 1.90 bits per heavy atom. The number of epoxide rings is 1. The summed E-state index contributed by atoms with van der Waals surface area (Å²) >= 11 is 0. The molecule has 31 heavy (non-hydrogen) atoms. The van der Waals surface area contributed by atoms with E-state index in [1.54, 1.807) is 26.9 Å². The van der Waals surface area contributed by atoms with Crippen molar-refractivity contribution in [3.63, 3.8) is 0 Å². The lowest BCUT2D eigenvalue weighted by atomic mass is 9.50. The molecule has 5 aliphatic rings. The molecule has 0 aromatic heterocycles. The predicted molar refractivity (Wildman–Crippen MR) is 115 cm³/mol. The summed E-state index contributed by atoms with van der Waals surface area (Å²) in [6.45, 7) is 5.00. The Labute approximate surface area is 186 Å². The lowest BCUT2D eigenvalue weighted by molar-refractivity contribution is -0.229. The summed E-state index contributed by atoms with van der Waals surface area (Å²) < 4.78 is 29.9. The van der Waals surface area contributed by atoms with Gasteiger partial charge in [0.15, 0.2) is 5.79 Å². The van der Waals surface area contributed by atoms with Crippen molar-refractivity contribution in [3.8, 4) is 0 Å². The third kappa shape index (κ3) is 2.66. The number of allylic oxidation sites excluding steroid dienone is 1. The Bertz CT molecular complexity index is 748. The van der Waals surface area contributed by atoms with Gasteiger partial charge in [-0.25, -0.2) is 0 Å². The van der Waals surface area contributed by atoms with Crippen molar-refractivity contribution >= 4 is 0 Å². The first kappa shape index (κ1) is 22.3. The average Bonchev–Trinajstić information content (AvgIpc) is 3.37. The average molecular weight is 437 g/mol. The third-order valence-corrected chi connectivity index (χ3v) is 10.5. The standard InChI is InChI=1S/C25H40O6/c1-17(30-16-26)22(15-27-3)10-8-19-18-6-11-23-14-24(28-4,29-5)12-13-25(23,31-23)20(18)7-9-21(19,22)2/h7,17-19,26H,6,8-16H2,1-5H3/t17-,18?,19?,21+,22+,23+,25+/m1/s1. The van der Waals surface area contributed by atoms with Crippen LogP contribution >= 0.6 is 0 Å². The first-order chi connectivity index (χ1) is 14.8. The fraction of sp³-hybridized carbons (Fsp3) is 0.920. The Morgan fingerprint density at radius 3 is 2.58 bits per heavy atom. The molecule has 176 valence electrons. The summed E-state index contributed by atoms with van der Waals surface area (Å²) in [5, 5.41) is 9.49. The van der Waals surface area contributed by atoms with Gasteiger partial charge < -0.3 is 28.8 Å². The molecule has 1 aliphatic heterocycles. The summed E-state index contributed by atoms with van der Waals surface area (Å²) in [5.74, 6) is 0.654. The van der Waals surface area contributed by atoms with E-state index in [0.29, 0.717) is 18.4 Å². The van der Waals surface area contributed by atoms with Gasteiger partial charge in [-0.3, -0.25) is 0 Å². The van der Waals surface area contributed by atoms with Crippen LogP contribution < -0.4 is 0 Å². The van der Waals surface area contributed by atoms with Gasteiger partial charge in [0, 0.05) is 39.6 Å². The monoisotopic (exact) mass is 436 g/mol. The first-order valence-corrected chi connectivity index (χ1v) is 12.0. The number of methoxy groups -OCH3 is 3. The lowest BCUT2D eigenvalue weighted by Gasteiger charge is -2.55. The highest BCUT2D eigenvalue weighted by Gasteiger charge is 2.79. The maximum Gasteiger partial charge on any atom is 0.170 e. The minimum atomic E-state index is -0.505. The zero-order chi connectivity index (χ0) is 22.1. The molecule has 4 aliphatic carbocycles. The molecule has 0 aromatic rings. The predicted octanol–water partition coefficient (Wildman–Crippen LogP) is 3.81. The van der Waals surface area contributed by atoms with Crippen LogP contribution in [0, 0.1) is 22.7 Å². The van der Waals surface area contributed by atoms with E-state index in [1.165, 1.54) is 6.42 Å². The summed E-state index contributed by atoms with van der Waals surface area (Å²) in [7, 11) is 5.31. The molecule has 6 nitrogen and oxygen atoms in total. The maximum absolute atomic E-state index is 9.49. The van der Waals surface area contributed by atoms with Crippen molar-refractivity contribution in [2.45, 2.75) is 88.3 Å². The molecule has 1 saturated heterocycles. The van der Waals surface area contributed by atoms with Gasteiger partial charge in [0.1, 0.15) is 18.0 Å². The molecule has 0 radical (unpaired) electrons. The van der Waals surface area contributed by atoms with E-state index in [0.717, 1.165) is 44.9 Å². The van der Waals surface area contributed by atoms with Gasteiger partial charge in [-0.05, 0) is 68.3 Å². The van der Waals surface area contributed by atoms with Crippen molar-refractivity contribution in [1.82, 2.24) is 0 Å². The number of aliphatic hydroxyl groups excluding tert-OH is 1. The Balaban J connectivity index is 1.47. The summed E-state index contributed by atoms with van der Waals surface area (Å²) in [6.07, 6.45) is 10.7. The topological polar surface area (TPSA) is 69.7 Å². The molecule has 1 N–H and O–H groups in total. The van der Waals surface area contributed by atoms with E-state index in [2.05, 4.69) is 19.9 Å². The van der Waals surface area contributed by atoms with Gasteiger partial charge in [0.05, 0.1) is 12.7 Å². The van der Waals surface area contributed by atoms with Crippen LogP contribution in [0.4, 0.5) is 0 Å². The van der Waals surface area contributed by atoms with Gasteiger partial charge >= 0.3 is 0 Å². The van der Waals surface area contributed by atoms with Gasteiger partial charge in [-0.1, -0.05) is 13.0 Å². The molecular weight excluding hydrogens is 396 g/mol. The molecule has 4 fully saturated rings. The highest BCUT2D eigenvalue weighted by atomic mass is 16.7. The zero-order valence-corrected chi connectivity index (χ0v) is 19.9. The van der Waals surface area contributed by atoms with Crippen LogP contribution in [-0.4, -0.2) is 62.9 Å². The van der Waals surface area contributed by atoms with E-state index in [1.807, 2.05) is 0 Å². The zero-order valence-electron chi connectivity index (χ0n) is 19.9. The van der Waals surface area contributed by atoms with Crippen molar-refractivity contribution in [1.29, 1.82) is 0 Å². The van der Waals surface area contributed by atoms with Crippen LogP contribution in [0.1, 0.15) is 65.2 Å². The normalized spacial score (nSPS) is 48.1. The molecular formula is C25H40O6. The van der Waals surface area contributed by atoms with E-state index in [9.17, 15) is 5.11 Å². The first-order valence-electron chi connectivity index (χ1n) is 12.0. The molecule has 3 saturated carbocycles. The van der Waals surface area contributed by atoms with Crippen LogP contribution in [0.15, 0.2) is 11.6 Å². The number of rotatable bonds is 7. The number of ether oxygens (including phenoxy) is 5. The minimum absolute atomic E-state index is 0.0425. The quantitative estimate of drug-likeness (QED) is 0.372. The third-order valence-electron chi connectivity index (χ3n) is 10.5. The molecule has 0 amide bonds. The van der Waals surface area contributed by atoms with Gasteiger partial charge in [0.25, 0.3) is 0 Å². The number of hydrogen-bond acceptors (Lipinski definition) is 6. The Hall–Kier alpha value is -0.500. The Kier molecular flexibility index (Phi) is 5.21. The summed E-state index contributed by atoms with van der Waals surface area (Å²) in [5.41, 5.74) is 1.36. The molecule has 1 heterocycles. The van der Waals surface area contributed by atoms with Gasteiger partial charge in [0.2, 0.25) is 0 Å². The van der Waals surface area contributed by atoms with Crippen molar-refractivity contribution in [2.75, 3.05) is 34.7 Å². The second kappa shape index (κ2) is 7.25. The molecule has 0 spiro atoms. The number of fused-ring (bicyclic) bond motifs is 3. The highest BCUT2D eigenvalue weighted by Crippen LogP contribution is 2.75. The second-order valence-electron chi connectivity index (χ2n) is 11.0. The van der Waals surface area contributed by atoms with Gasteiger partial charge in [-0.2, -0.15) is 0 Å². The molecule has 0 bridgehead atoms. The lowest BCUT2D eigenvalue weighted by Crippen LogP contribution is -2.55. The van der Waals surface area contributed by atoms with Crippen molar-refractivity contribution in [2.24, 2.45) is 22.7 Å². The molecule has 6 heteroatoms. The van der Waals surface area contributed by atoms with Crippen LogP contribution in [0.5, 0.6) is 0 Å². The molecule has 5 rings (SSSR count). The van der Waals surface area contributed by atoms with Crippen LogP contribution in [0.25, 0.3) is 0 Å². The minimum Gasteiger partial charge on any atom is -0.384 e. The van der Waals surface area contributed by atoms with E-state index >= 15 is 0 Å². The summed E-state index contributed by atoms with van der Waals surface area (Å²) in [6, 6.07) is 0. The smallest absolute Gasteiger partial charge is 0.170 e. The fourth-order valence-corrected chi connectivity index (χ4v) is 8.73. The largest absolute Gasteiger partial charge is 0.384 e. The second-order valence-corrected chi connectivity index (χ2v) is 11.0. The number of hydrogen-bond donors (Lipinski definition) is 1. The van der Waals surface area contributed by atoms with Crippen molar-refractivity contribution < 1.29 is 28.8 Å². The van der Waals surface area contributed by atoms with E-state index in [-0.39, 0.29) is 34.9 Å². The van der Waals surface area contributed by atoms with Gasteiger partial charge in [-0.15, -0.1) is 0 Å². The maximum atomic E-state index is 9.49. The molecule has 2 unspecified atom stereocenters. The highest BCUT2D eigenvalue weighted by molar-refractivity contribution is 5.43. The molecule has 7 atom stereocenters. The summed E-state index contributed by atoms with van der Waals surface area (Å²) in [4.78, 5) is 0. The molecule has 0 aromatic carbocycles. The SMILES string of the molecule is COC[C@]1([C@@H](C)OCO)CCC2C3CC[C@]45CC(OC)(OC)CC[C@]4(O5)C3=CC[C@@]21C.